The molecule has 3 rings (SSSR count). The zero-order valence-electron chi connectivity index (χ0n) is 18.1. The second-order valence-corrected chi connectivity index (χ2v) is 6.92. The number of phenols is 1. The molecule has 0 radical (unpaired) electrons. The minimum Gasteiger partial charge on any atom is -0.508 e. The summed E-state index contributed by atoms with van der Waals surface area (Å²) in [5, 5.41) is 20.9. The van der Waals surface area contributed by atoms with Gasteiger partial charge in [-0.2, -0.15) is 0 Å². The van der Waals surface area contributed by atoms with Crippen LogP contribution in [0.15, 0.2) is 47.6 Å². The van der Waals surface area contributed by atoms with Crippen LogP contribution in [-0.4, -0.2) is 50.1 Å². The number of thioether (sulfide) groups is 1. The Morgan fingerprint density at radius 2 is 2.11 bits per heavy atom. The van der Waals surface area contributed by atoms with Crippen LogP contribution in [0.25, 0.3) is 0 Å². The number of benzene rings is 1. The lowest BCUT2D eigenvalue weighted by Crippen LogP contribution is -2.71. The van der Waals surface area contributed by atoms with Crippen LogP contribution in [0.5, 0.6) is 5.75 Å². The number of hydrogen-bond donors (Lipinski definition) is 4. The summed E-state index contributed by atoms with van der Waals surface area (Å²) in [6.07, 6.45) is 3.27. The Bertz CT molecular complexity index is 1030. The largest absolute Gasteiger partial charge is 0.508 e. The van der Waals surface area contributed by atoms with Crippen molar-refractivity contribution in [1.29, 1.82) is 0 Å². The smallest absolute Gasteiger partial charge is 0.352 e. The van der Waals surface area contributed by atoms with Crippen LogP contribution in [0.2, 0.25) is 0 Å². The van der Waals surface area contributed by atoms with Gasteiger partial charge in [-0.05, 0) is 30.1 Å². The second-order valence-electron chi connectivity index (χ2n) is 5.82. The van der Waals surface area contributed by atoms with E-state index in [1.807, 2.05) is 0 Å². The van der Waals surface area contributed by atoms with Crippen LogP contribution < -0.4 is 11.1 Å². The highest BCUT2D eigenvalue weighted by atomic mass is 32.2. The SMILES string of the molecule is [2H]c1c([2H])c([C@@H](N)C(=O)N[C@@H]2C(=O)N3C(C(=O)O)=C(/C=C/C)CS[C@H]23)c([2H])c([2H])c1O. The van der Waals surface area contributed by atoms with Crippen molar-refractivity contribution >= 4 is 29.5 Å². The van der Waals surface area contributed by atoms with Crippen molar-refractivity contribution in [3.63, 3.8) is 0 Å². The van der Waals surface area contributed by atoms with Crippen molar-refractivity contribution in [3.05, 3.63) is 53.2 Å². The first-order valence-corrected chi connectivity index (χ1v) is 8.96. The van der Waals surface area contributed by atoms with Gasteiger partial charge in [-0.25, -0.2) is 4.79 Å². The Balaban J connectivity index is 1.84. The summed E-state index contributed by atoms with van der Waals surface area (Å²) >= 11 is 1.27. The molecule has 9 heteroatoms. The van der Waals surface area contributed by atoms with Crippen molar-refractivity contribution in [2.45, 2.75) is 24.4 Å². The summed E-state index contributed by atoms with van der Waals surface area (Å²) in [5.74, 6) is -3.37. The van der Waals surface area contributed by atoms with Gasteiger partial charge in [0.05, 0.1) is 5.48 Å². The molecular formula is C18H19N3O5S. The maximum Gasteiger partial charge on any atom is 0.352 e. The van der Waals surface area contributed by atoms with Crippen LogP contribution >= 0.6 is 11.8 Å². The topological polar surface area (TPSA) is 133 Å². The van der Waals surface area contributed by atoms with Crippen LogP contribution in [0.4, 0.5) is 0 Å². The van der Waals surface area contributed by atoms with Crippen molar-refractivity contribution in [2.24, 2.45) is 5.73 Å². The molecule has 8 nitrogen and oxygen atoms in total. The molecule has 0 unspecified atom stereocenters. The van der Waals surface area contributed by atoms with Crippen molar-refractivity contribution in [1.82, 2.24) is 10.2 Å². The summed E-state index contributed by atoms with van der Waals surface area (Å²) in [6.45, 7) is 1.72. The first-order valence-electron chi connectivity index (χ1n) is 9.91. The predicted octanol–water partition coefficient (Wildman–Crippen LogP) is 0.707. The minimum absolute atomic E-state index is 0.153. The molecule has 1 aromatic carbocycles. The number of carbonyl (C=O) groups excluding carboxylic acids is 2. The number of rotatable bonds is 5. The molecule has 3 atom stereocenters. The highest BCUT2D eigenvalue weighted by molar-refractivity contribution is 8.00. The maximum atomic E-state index is 12.7. The molecule has 142 valence electrons. The zero-order valence-corrected chi connectivity index (χ0v) is 15.0. The molecule has 0 aliphatic carbocycles. The number of phenolic OH excluding ortho intramolecular Hbond substituents is 1. The van der Waals surface area contributed by atoms with Crippen LogP contribution in [0.1, 0.15) is 24.0 Å². The number of amides is 2. The molecule has 0 spiro atoms. The molecule has 0 aromatic heterocycles. The van der Waals surface area contributed by atoms with E-state index < -0.39 is 70.7 Å². The molecule has 2 heterocycles. The molecule has 0 saturated carbocycles. The normalized spacial score (nSPS) is 25.1. The average molecular weight is 393 g/mol. The van der Waals surface area contributed by atoms with Crippen molar-refractivity contribution < 1.29 is 30.1 Å². The summed E-state index contributed by atoms with van der Waals surface area (Å²) < 4.78 is 31.1. The van der Waals surface area contributed by atoms with Gasteiger partial charge in [-0.1, -0.05) is 24.2 Å². The van der Waals surface area contributed by atoms with Crippen LogP contribution in [0.3, 0.4) is 0 Å². The number of nitrogens with two attached hydrogens (primary N) is 1. The number of carboxylic acids is 1. The van der Waals surface area contributed by atoms with E-state index in [1.54, 1.807) is 19.1 Å². The first kappa shape index (κ1) is 14.3. The maximum absolute atomic E-state index is 12.7. The quantitative estimate of drug-likeness (QED) is 0.541. The van der Waals surface area contributed by atoms with E-state index in [0.29, 0.717) is 11.3 Å². The number of fused-ring (bicyclic) bond motifs is 1. The molecule has 5 N–H and O–H groups in total. The summed E-state index contributed by atoms with van der Waals surface area (Å²) in [6, 6.07) is -5.50. The van der Waals surface area contributed by atoms with Gasteiger partial charge in [-0.15, -0.1) is 11.8 Å². The molecular weight excluding hydrogens is 370 g/mol. The summed E-state index contributed by atoms with van der Waals surface area (Å²) in [4.78, 5) is 38.0. The van der Waals surface area contributed by atoms with Crippen LogP contribution in [-0.2, 0) is 14.4 Å². The third kappa shape index (κ3) is 3.43. The number of carbonyl (C=O) groups is 3. The van der Waals surface area contributed by atoms with E-state index in [9.17, 15) is 24.6 Å². The Morgan fingerprint density at radius 3 is 2.70 bits per heavy atom. The Morgan fingerprint density at radius 1 is 1.44 bits per heavy atom. The first-order chi connectivity index (χ1) is 14.5. The van der Waals surface area contributed by atoms with E-state index in [-0.39, 0.29) is 5.70 Å². The summed E-state index contributed by atoms with van der Waals surface area (Å²) in [5.41, 5.74) is 5.75. The zero-order chi connectivity index (χ0) is 23.2. The Hall–Kier alpha value is -2.78. The molecule has 2 amide bonds. The van der Waals surface area contributed by atoms with Gasteiger partial charge >= 0.3 is 5.97 Å². The van der Waals surface area contributed by atoms with Crippen LogP contribution in [0, 0.1) is 0 Å². The summed E-state index contributed by atoms with van der Waals surface area (Å²) in [7, 11) is 0. The molecule has 27 heavy (non-hydrogen) atoms. The monoisotopic (exact) mass is 393 g/mol. The number of hydrogen-bond acceptors (Lipinski definition) is 6. The average Bonchev–Trinajstić information content (AvgIpc) is 2.74. The standard InChI is InChI=1S/C18H19N3O5S/c1-2-3-10-8-27-17-13(16(24)21(17)14(10)18(25)26)20-15(23)12(19)9-4-6-11(22)7-5-9/h2-7,12-13,17,22H,8,19H2,1H3,(H,20,23)(H,25,26)/b3-2+/t12-,13-,17-/m1/s1/i4D,5D,6D,7D. The second kappa shape index (κ2) is 7.45. The van der Waals surface area contributed by atoms with Gasteiger partial charge < -0.3 is 21.3 Å². The molecule has 1 saturated heterocycles. The third-order valence-corrected chi connectivity index (χ3v) is 5.39. The van der Waals surface area contributed by atoms with E-state index in [0.717, 1.165) is 4.90 Å². The fraction of sp³-hybridized carbons (Fsp3) is 0.278. The molecule has 0 bridgehead atoms. The van der Waals surface area contributed by atoms with Gasteiger partial charge in [0.1, 0.15) is 28.9 Å². The van der Waals surface area contributed by atoms with E-state index in [1.165, 1.54) is 11.8 Å². The number of β-lactam (4-membered cyclic amide) rings is 1. The Labute approximate surface area is 165 Å². The van der Waals surface area contributed by atoms with E-state index >= 15 is 0 Å². The van der Waals surface area contributed by atoms with Gasteiger partial charge in [0.2, 0.25) is 5.91 Å². The highest BCUT2D eigenvalue weighted by Crippen LogP contribution is 2.40. The molecule has 2 aliphatic rings. The van der Waals surface area contributed by atoms with Gasteiger partial charge in [0.15, 0.2) is 0 Å². The molecule has 1 fully saturated rings. The number of nitrogens with zero attached hydrogens (tertiary/aromatic N) is 1. The fourth-order valence-corrected chi connectivity index (χ4v) is 4.14. The van der Waals surface area contributed by atoms with Gasteiger partial charge in [0, 0.05) is 5.75 Å². The number of nitrogens with one attached hydrogen (secondary N) is 1. The van der Waals surface area contributed by atoms with Gasteiger partial charge in [-0.3, -0.25) is 14.5 Å². The third-order valence-electron chi connectivity index (χ3n) is 4.09. The van der Waals surface area contributed by atoms with Gasteiger partial charge in [0.25, 0.3) is 5.91 Å². The van der Waals surface area contributed by atoms with Crippen molar-refractivity contribution in [3.8, 4) is 5.75 Å². The van der Waals surface area contributed by atoms with E-state index in [2.05, 4.69) is 5.32 Å². The molecule has 1 aromatic rings. The number of allylic oxidation sites excluding steroid dienone is 2. The highest BCUT2D eigenvalue weighted by Gasteiger charge is 2.54. The number of carboxylic acid groups (broad SMARTS) is 1. The van der Waals surface area contributed by atoms with Crippen molar-refractivity contribution in [2.75, 3.05) is 5.75 Å². The van der Waals surface area contributed by atoms with E-state index in [4.69, 9.17) is 11.2 Å². The molecule has 2 aliphatic heterocycles. The predicted molar refractivity (Wildman–Crippen MR) is 99.5 cm³/mol. The lowest BCUT2D eigenvalue weighted by Gasteiger charge is -2.49. The number of aliphatic carboxylic acids is 1. The minimum atomic E-state index is -1.64. The lowest BCUT2D eigenvalue weighted by atomic mass is 10.0. The fourth-order valence-electron chi connectivity index (χ4n) is 2.82. The number of aromatic hydroxyl groups is 1. The lowest BCUT2D eigenvalue weighted by molar-refractivity contribution is -0.150. The Kier molecular flexibility index (Phi) is 3.95.